The highest BCUT2D eigenvalue weighted by atomic mass is 35.5. The number of halogens is 1. The Hall–Kier alpha value is -1.30. The first-order chi connectivity index (χ1) is 10.2. The van der Waals surface area contributed by atoms with E-state index in [1.54, 1.807) is 7.11 Å². The number of methoxy groups -OCH3 is 1. The Morgan fingerprint density at radius 2 is 2.24 bits per heavy atom. The summed E-state index contributed by atoms with van der Waals surface area (Å²) in [5.41, 5.74) is 3.26. The van der Waals surface area contributed by atoms with Gasteiger partial charge in [0.15, 0.2) is 0 Å². The highest BCUT2D eigenvalue weighted by Gasteiger charge is 2.13. The van der Waals surface area contributed by atoms with E-state index in [1.165, 1.54) is 5.56 Å². The van der Waals surface area contributed by atoms with Gasteiger partial charge in [-0.15, -0.1) is 0 Å². The normalized spacial score (nSPS) is 11.2. The standard InChI is InChI=1S/C15H23ClN4O/c1-4-13-15(16)14(19(2)18-13)11-20-7-5-12(10-20)9-17-6-8-21-3/h5,7,10,17H,4,6,8-9,11H2,1-3H3. The van der Waals surface area contributed by atoms with Crippen LogP contribution in [0.1, 0.15) is 23.9 Å². The van der Waals surface area contributed by atoms with Gasteiger partial charge in [0.1, 0.15) is 0 Å². The second kappa shape index (κ2) is 7.64. The van der Waals surface area contributed by atoms with Crippen molar-refractivity contribution in [2.45, 2.75) is 26.4 Å². The largest absolute Gasteiger partial charge is 0.383 e. The van der Waals surface area contributed by atoms with Crippen molar-refractivity contribution >= 4 is 11.6 Å². The third-order valence-electron chi connectivity index (χ3n) is 3.46. The number of aromatic nitrogens is 3. The molecule has 0 aliphatic carbocycles. The van der Waals surface area contributed by atoms with Gasteiger partial charge in [-0.3, -0.25) is 4.68 Å². The zero-order chi connectivity index (χ0) is 15.2. The van der Waals surface area contributed by atoms with Gasteiger partial charge in [-0.25, -0.2) is 0 Å². The fourth-order valence-electron chi connectivity index (χ4n) is 2.26. The van der Waals surface area contributed by atoms with E-state index >= 15 is 0 Å². The van der Waals surface area contributed by atoms with Crippen LogP contribution in [-0.4, -0.2) is 34.6 Å². The van der Waals surface area contributed by atoms with Crippen LogP contribution in [-0.2, 0) is 31.3 Å². The fourth-order valence-corrected chi connectivity index (χ4v) is 2.62. The molecule has 0 unspecified atom stereocenters. The SMILES string of the molecule is CCc1nn(C)c(Cn2ccc(CNCCOC)c2)c1Cl. The molecule has 1 N–H and O–H groups in total. The minimum Gasteiger partial charge on any atom is -0.383 e. The molecule has 2 aromatic rings. The molecule has 0 amide bonds. The van der Waals surface area contributed by atoms with Crippen molar-refractivity contribution in [3.63, 3.8) is 0 Å². The summed E-state index contributed by atoms with van der Waals surface area (Å²) in [5, 5.41) is 8.57. The zero-order valence-corrected chi connectivity index (χ0v) is 13.7. The number of ether oxygens (including phenoxy) is 1. The minimum atomic E-state index is 0.727. The number of rotatable bonds is 8. The van der Waals surface area contributed by atoms with Gasteiger partial charge in [0.05, 0.1) is 29.6 Å². The summed E-state index contributed by atoms with van der Waals surface area (Å²) in [4.78, 5) is 0. The van der Waals surface area contributed by atoms with Crippen LogP contribution in [0.4, 0.5) is 0 Å². The minimum absolute atomic E-state index is 0.727. The summed E-state index contributed by atoms with van der Waals surface area (Å²) in [5.74, 6) is 0. The van der Waals surface area contributed by atoms with Gasteiger partial charge in [-0.2, -0.15) is 5.10 Å². The van der Waals surface area contributed by atoms with Gasteiger partial charge in [-0.1, -0.05) is 18.5 Å². The van der Waals surface area contributed by atoms with Crippen molar-refractivity contribution in [1.29, 1.82) is 0 Å². The molecule has 0 saturated carbocycles. The number of hydrogen-bond donors (Lipinski definition) is 1. The molecule has 0 spiro atoms. The number of nitrogens with zero attached hydrogens (tertiary/aromatic N) is 3. The summed E-state index contributed by atoms with van der Waals surface area (Å²) in [6, 6.07) is 2.12. The molecule has 2 rings (SSSR count). The van der Waals surface area contributed by atoms with Crippen LogP contribution in [0.2, 0.25) is 5.02 Å². The van der Waals surface area contributed by atoms with E-state index in [4.69, 9.17) is 16.3 Å². The Balaban J connectivity index is 1.98. The Kier molecular flexibility index (Phi) is 5.85. The molecule has 6 heteroatoms. The first-order valence-electron chi connectivity index (χ1n) is 7.20. The van der Waals surface area contributed by atoms with E-state index in [9.17, 15) is 0 Å². The first kappa shape index (κ1) is 16.1. The second-order valence-electron chi connectivity index (χ2n) is 5.05. The zero-order valence-electron chi connectivity index (χ0n) is 12.9. The first-order valence-corrected chi connectivity index (χ1v) is 7.58. The molecule has 116 valence electrons. The molecular weight excluding hydrogens is 288 g/mol. The van der Waals surface area contributed by atoms with Crippen molar-refractivity contribution in [2.24, 2.45) is 7.05 Å². The van der Waals surface area contributed by atoms with Gasteiger partial charge in [0, 0.05) is 39.6 Å². The molecular formula is C15H23ClN4O. The third-order valence-corrected chi connectivity index (χ3v) is 3.90. The van der Waals surface area contributed by atoms with Crippen molar-refractivity contribution in [2.75, 3.05) is 20.3 Å². The van der Waals surface area contributed by atoms with Gasteiger partial charge in [-0.05, 0) is 18.1 Å². The van der Waals surface area contributed by atoms with Crippen molar-refractivity contribution < 1.29 is 4.74 Å². The van der Waals surface area contributed by atoms with Crippen LogP contribution in [0.5, 0.6) is 0 Å². The molecule has 0 aliphatic heterocycles. The van der Waals surface area contributed by atoms with Crippen LogP contribution in [0, 0.1) is 0 Å². The number of hydrogen-bond acceptors (Lipinski definition) is 3. The van der Waals surface area contributed by atoms with Gasteiger partial charge in [0.2, 0.25) is 0 Å². The van der Waals surface area contributed by atoms with Crippen molar-refractivity contribution in [3.05, 3.63) is 40.4 Å². The van der Waals surface area contributed by atoms with E-state index < -0.39 is 0 Å². The molecule has 0 aromatic carbocycles. The van der Waals surface area contributed by atoms with Crippen LogP contribution in [0.15, 0.2) is 18.5 Å². The van der Waals surface area contributed by atoms with Crippen LogP contribution >= 0.6 is 11.6 Å². The maximum Gasteiger partial charge on any atom is 0.0868 e. The number of nitrogens with one attached hydrogen (secondary N) is 1. The average Bonchev–Trinajstić information content (AvgIpc) is 3.03. The predicted molar refractivity (Wildman–Crippen MR) is 84.7 cm³/mol. The lowest BCUT2D eigenvalue weighted by Crippen LogP contribution is -2.18. The molecule has 0 bridgehead atoms. The van der Waals surface area contributed by atoms with E-state index in [0.29, 0.717) is 0 Å². The van der Waals surface area contributed by atoms with E-state index in [1.807, 2.05) is 11.7 Å². The lowest BCUT2D eigenvalue weighted by Gasteiger charge is -2.05. The van der Waals surface area contributed by atoms with E-state index in [-0.39, 0.29) is 0 Å². The summed E-state index contributed by atoms with van der Waals surface area (Å²) < 4.78 is 9.02. The van der Waals surface area contributed by atoms with Gasteiger partial charge >= 0.3 is 0 Å². The monoisotopic (exact) mass is 310 g/mol. The summed E-state index contributed by atoms with van der Waals surface area (Å²) in [7, 11) is 3.65. The smallest absolute Gasteiger partial charge is 0.0868 e. The van der Waals surface area contributed by atoms with E-state index in [2.05, 4.69) is 40.4 Å². The van der Waals surface area contributed by atoms with Crippen LogP contribution < -0.4 is 5.32 Å². The molecule has 0 atom stereocenters. The summed E-state index contributed by atoms with van der Waals surface area (Å²) in [6.45, 7) is 5.23. The Morgan fingerprint density at radius 1 is 1.43 bits per heavy atom. The van der Waals surface area contributed by atoms with E-state index in [0.717, 1.165) is 49.1 Å². The maximum atomic E-state index is 6.38. The summed E-state index contributed by atoms with van der Waals surface area (Å²) in [6.07, 6.45) is 5.06. The van der Waals surface area contributed by atoms with Crippen molar-refractivity contribution in [1.82, 2.24) is 19.7 Å². The predicted octanol–water partition coefficient (Wildman–Crippen LogP) is 2.22. The Labute approximate surface area is 130 Å². The average molecular weight is 311 g/mol. The molecule has 0 radical (unpaired) electrons. The van der Waals surface area contributed by atoms with Gasteiger partial charge in [0.25, 0.3) is 0 Å². The van der Waals surface area contributed by atoms with Gasteiger partial charge < -0.3 is 14.6 Å². The molecule has 0 fully saturated rings. The Bertz CT molecular complexity index is 576. The molecule has 0 saturated heterocycles. The topological polar surface area (TPSA) is 44.0 Å². The molecule has 21 heavy (non-hydrogen) atoms. The molecule has 2 heterocycles. The molecule has 0 aliphatic rings. The number of aryl methyl sites for hydroxylation is 2. The highest BCUT2D eigenvalue weighted by Crippen LogP contribution is 2.21. The second-order valence-corrected chi connectivity index (χ2v) is 5.42. The quantitative estimate of drug-likeness (QED) is 0.760. The fraction of sp³-hybridized carbons (Fsp3) is 0.533. The molecule has 5 nitrogen and oxygen atoms in total. The Morgan fingerprint density at radius 3 is 2.90 bits per heavy atom. The lowest BCUT2D eigenvalue weighted by molar-refractivity contribution is 0.199. The lowest BCUT2D eigenvalue weighted by atomic mass is 10.3. The maximum absolute atomic E-state index is 6.38. The third kappa shape index (κ3) is 4.09. The molecule has 2 aromatic heterocycles. The summed E-state index contributed by atoms with van der Waals surface area (Å²) >= 11 is 6.38. The van der Waals surface area contributed by atoms with Crippen LogP contribution in [0.3, 0.4) is 0 Å². The van der Waals surface area contributed by atoms with Crippen molar-refractivity contribution in [3.8, 4) is 0 Å². The highest BCUT2D eigenvalue weighted by molar-refractivity contribution is 6.31. The van der Waals surface area contributed by atoms with Crippen LogP contribution in [0.25, 0.3) is 0 Å².